The molecule has 0 atom stereocenters. The molecular formula is C10H15ClN2O2. The van der Waals surface area contributed by atoms with Gasteiger partial charge in [-0.15, -0.1) is 0 Å². The molecule has 1 aromatic heterocycles. The minimum atomic E-state index is 0.0155. The van der Waals surface area contributed by atoms with Crippen molar-refractivity contribution >= 4 is 17.4 Å². The van der Waals surface area contributed by atoms with E-state index in [-0.39, 0.29) is 18.8 Å². The molecular weight excluding hydrogens is 216 g/mol. The van der Waals surface area contributed by atoms with E-state index in [0.29, 0.717) is 11.6 Å². The topological polar surface area (TPSA) is 44.1 Å². The highest BCUT2D eigenvalue weighted by molar-refractivity contribution is 6.32. The van der Waals surface area contributed by atoms with E-state index in [4.69, 9.17) is 16.3 Å². The number of carbonyl (C=O) groups excluding carboxylic acids is 1. The number of aromatic nitrogens is 2. The van der Waals surface area contributed by atoms with Crippen molar-refractivity contribution in [1.82, 2.24) is 9.78 Å². The van der Waals surface area contributed by atoms with E-state index in [2.05, 4.69) is 5.10 Å². The van der Waals surface area contributed by atoms with Crippen molar-refractivity contribution in [2.45, 2.75) is 20.3 Å². The zero-order valence-electron chi connectivity index (χ0n) is 9.21. The number of carbonyl (C=O) groups is 1. The second-order valence-corrected chi connectivity index (χ2v) is 3.70. The Morgan fingerprint density at radius 1 is 1.60 bits per heavy atom. The smallest absolute Gasteiger partial charge is 0.164 e. The lowest BCUT2D eigenvalue weighted by atomic mass is 10.2. The molecule has 0 aliphatic rings. The number of halogens is 1. The molecule has 1 rings (SSSR count). The summed E-state index contributed by atoms with van der Waals surface area (Å²) < 4.78 is 6.67. The third-order valence-electron chi connectivity index (χ3n) is 2.09. The first kappa shape index (κ1) is 12.2. The van der Waals surface area contributed by atoms with Gasteiger partial charge in [-0.3, -0.25) is 9.48 Å². The highest BCUT2D eigenvalue weighted by atomic mass is 35.5. The fraction of sp³-hybridized carbons (Fsp3) is 0.600. The van der Waals surface area contributed by atoms with Crippen molar-refractivity contribution in [2.24, 2.45) is 7.05 Å². The molecule has 0 radical (unpaired) electrons. The number of ether oxygens (including phenoxy) is 1. The summed E-state index contributed by atoms with van der Waals surface area (Å²) in [5.41, 5.74) is 1.50. The van der Waals surface area contributed by atoms with Crippen LogP contribution in [0.5, 0.6) is 0 Å². The van der Waals surface area contributed by atoms with Crippen molar-refractivity contribution < 1.29 is 9.53 Å². The van der Waals surface area contributed by atoms with Gasteiger partial charge in [-0.05, 0) is 13.8 Å². The number of hydrogen-bond donors (Lipinski definition) is 0. The predicted octanol–water partition coefficient (Wildman–Crippen LogP) is 1.53. The zero-order valence-corrected chi connectivity index (χ0v) is 9.97. The summed E-state index contributed by atoms with van der Waals surface area (Å²) in [6.45, 7) is 4.36. The molecule has 15 heavy (non-hydrogen) atoms. The van der Waals surface area contributed by atoms with Gasteiger partial charge in [0.15, 0.2) is 5.78 Å². The molecule has 0 spiro atoms. The van der Waals surface area contributed by atoms with Crippen LogP contribution in [0.3, 0.4) is 0 Å². The Bertz CT molecular complexity index is 361. The van der Waals surface area contributed by atoms with Crippen molar-refractivity contribution in [3.63, 3.8) is 0 Å². The van der Waals surface area contributed by atoms with E-state index in [1.165, 1.54) is 0 Å². The van der Waals surface area contributed by atoms with Gasteiger partial charge < -0.3 is 4.74 Å². The summed E-state index contributed by atoms with van der Waals surface area (Å²) >= 11 is 6.02. The number of rotatable bonds is 5. The summed E-state index contributed by atoms with van der Waals surface area (Å²) in [4.78, 5) is 11.5. The van der Waals surface area contributed by atoms with Crippen LogP contribution in [0.1, 0.15) is 18.3 Å². The molecule has 0 N–H and O–H groups in total. The van der Waals surface area contributed by atoms with Gasteiger partial charge in [0.05, 0.1) is 22.8 Å². The quantitative estimate of drug-likeness (QED) is 0.771. The summed E-state index contributed by atoms with van der Waals surface area (Å²) in [5.74, 6) is 0.0155. The van der Waals surface area contributed by atoms with E-state index in [9.17, 15) is 4.79 Å². The summed E-state index contributed by atoms with van der Waals surface area (Å²) in [5, 5.41) is 4.71. The van der Waals surface area contributed by atoms with Crippen molar-refractivity contribution in [1.29, 1.82) is 0 Å². The van der Waals surface area contributed by atoms with E-state index < -0.39 is 0 Å². The second kappa shape index (κ2) is 5.28. The SMILES string of the molecule is CCOCC(=O)Cc1c(Cl)c(C)nn1C. The van der Waals surface area contributed by atoms with Crippen LogP contribution in [-0.2, 0) is 23.0 Å². The molecule has 1 heterocycles. The monoisotopic (exact) mass is 230 g/mol. The van der Waals surface area contributed by atoms with E-state index in [1.54, 1.807) is 11.7 Å². The summed E-state index contributed by atoms with van der Waals surface area (Å²) in [6, 6.07) is 0. The summed E-state index contributed by atoms with van der Waals surface area (Å²) in [7, 11) is 1.78. The Kier molecular flexibility index (Phi) is 4.29. The molecule has 0 aliphatic heterocycles. The summed E-state index contributed by atoms with van der Waals surface area (Å²) in [6.07, 6.45) is 0.274. The lowest BCUT2D eigenvalue weighted by Gasteiger charge is -2.02. The van der Waals surface area contributed by atoms with E-state index in [0.717, 1.165) is 11.4 Å². The molecule has 4 nitrogen and oxygen atoms in total. The largest absolute Gasteiger partial charge is 0.374 e. The van der Waals surface area contributed by atoms with Gasteiger partial charge >= 0.3 is 0 Å². The Morgan fingerprint density at radius 3 is 2.73 bits per heavy atom. The number of ketones is 1. The Morgan fingerprint density at radius 2 is 2.27 bits per heavy atom. The number of Topliss-reactive ketones (excluding diaryl/α,β-unsaturated/α-hetero) is 1. The van der Waals surface area contributed by atoms with Gasteiger partial charge in [0, 0.05) is 13.7 Å². The molecule has 0 fully saturated rings. The number of nitrogens with zero attached hydrogens (tertiary/aromatic N) is 2. The molecule has 1 aromatic rings. The highest BCUT2D eigenvalue weighted by Crippen LogP contribution is 2.19. The van der Waals surface area contributed by atoms with Crippen molar-refractivity contribution in [3.05, 3.63) is 16.4 Å². The van der Waals surface area contributed by atoms with Crippen LogP contribution in [0.2, 0.25) is 5.02 Å². The molecule has 84 valence electrons. The van der Waals surface area contributed by atoms with Gasteiger partial charge in [0.25, 0.3) is 0 Å². The third kappa shape index (κ3) is 3.04. The van der Waals surface area contributed by atoms with E-state index >= 15 is 0 Å². The molecule has 5 heteroatoms. The van der Waals surface area contributed by atoms with Crippen molar-refractivity contribution in [2.75, 3.05) is 13.2 Å². The van der Waals surface area contributed by atoms with Gasteiger partial charge in [0.2, 0.25) is 0 Å². The number of hydrogen-bond acceptors (Lipinski definition) is 3. The highest BCUT2D eigenvalue weighted by Gasteiger charge is 2.14. The standard InChI is InChI=1S/C10H15ClN2O2/c1-4-15-6-8(14)5-9-10(11)7(2)12-13(9)3/h4-6H2,1-3H3. The minimum absolute atomic E-state index is 0.0155. The molecule has 0 amide bonds. The van der Waals surface area contributed by atoms with E-state index in [1.807, 2.05) is 13.8 Å². The maximum Gasteiger partial charge on any atom is 0.164 e. The molecule has 0 saturated heterocycles. The van der Waals surface area contributed by atoms with Gasteiger partial charge in [-0.25, -0.2) is 0 Å². The van der Waals surface area contributed by atoms with Crippen LogP contribution in [0.15, 0.2) is 0 Å². The fourth-order valence-corrected chi connectivity index (χ4v) is 1.55. The normalized spacial score (nSPS) is 10.7. The van der Waals surface area contributed by atoms with Crippen LogP contribution < -0.4 is 0 Å². The average Bonchev–Trinajstić information content (AvgIpc) is 2.42. The second-order valence-electron chi connectivity index (χ2n) is 3.32. The number of aryl methyl sites for hydroxylation is 2. The first-order valence-corrected chi connectivity index (χ1v) is 5.21. The molecule has 0 aliphatic carbocycles. The van der Waals surface area contributed by atoms with Crippen LogP contribution >= 0.6 is 11.6 Å². The first-order valence-electron chi connectivity index (χ1n) is 4.83. The van der Waals surface area contributed by atoms with Crippen LogP contribution in [0.4, 0.5) is 0 Å². The molecule has 0 unspecified atom stereocenters. The molecule has 0 saturated carbocycles. The average molecular weight is 231 g/mol. The van der Waals surface area contributed by atoms with Gasteiger partial charge in [-0.1, -0.05) is 11.6 Å². The van der Waals surface area contributed by atoms with Crippen LogP contribution in [0, 0.1) is 6.92 Å². The minimum Gasteiger partial charge on any atom is -0.374 e. The molecule has 0 bridgehead atoms. The first-order chi connectivity index (χ1) is 7.06. The molecule has 0 aromatic carbocycles. The Labute approximate surface area is 94.2 Å². The third-order valence-corrected chi connectivity index (χ3v) is 2.59. The fourth-order valence-electron chi connectivity index (χ4n) is 1.33. The van der Waals surface area contributed by atoms with Crippen molar-refractivity contribution in [3.8, 4) is 0 Å². The lowest BCUT2D eigenvalue weighted by molar-refractivity contribution is -0.122. The van der Waals surface area contributed by atoms with Gasteiger partial charge in [-0.2, -0.15) is 5.10 Å². The predicted molar refractivity (Wildman–Crippen MR) is 58.2 cm³/mol. The van der Waals surface area contributed by atoms with Crippen LogP contribution in [-0.4, -0.2) is 28.8 Å². The van der Waals surface area contributed by atoms with Gasteiger partial charge in [0.1, 0.15) is 6.61 Å². The zero-order chi connectivity index (χ0) is 11.4. The Hall–Kier alpha value is -0.870. The maximum absolute atomic E-state index is 11.5. The Balaban J connectivity index is 2.68. The lowest BCUT2D eigenvalue weighted by Crippen LogP contribution is -2.13. The maximum atomic E-state index is 11.5. The van der Waals surface area contributed by atoms with Crippen LogP contribution in [0.25, 0.3) is 0 Å².